The number of ether oxygens (including phenoxy) is 2. The second-order valence-corrected chi connectivity index (χ2v) is 8.38. The Bertz CT molecular complexity index is 1160. The van der Waals surface area contributed by atoms with Crippen molar-refractivity contribution in [2.75, 3.05) is 25.5 Å². The van der Waals surface area contributed by atoms with Crippen molar-refractivity contribution in [3.05, 3.63) is 84.4 Å². The molecule has 1 heterocycles. The highest BCUT2D eigenvalue weighted by atomic mass is 16.6. The van der Waals surface area contributed by atoms with Crippen molar-refractivity contribution in [2.24, 2.45) is 0 Å². The monoisotopic (exact) mass is 506 g/mol. The molecule has 0 unspecified atom stereocenters. The summed E-state index contributed by atoms with van der Waals surface area (Å²) in [6.07, 6.45) is 1.22. The summed E-state index contributed by atoms with van der Waals surface area (Å²) in [5.41, 5.74) is 4.06. The van der Waals surface area contributed by atoms with E-state index in [0.717, 1.165) is 55.0 Å². The van der Waals surface area contributed by atoms with E-state index in [4.69, 9.17) is 29.3 Å². The molecule has 1 amide bonds. The second-order valence-electron chi connectivity index (χ2n) is 8.38. The Kier molecular flexibility index (Phi) is 10.0. The molecule has 3 aromatic carbocycles. The number of aliphatic carboxylic acids is 2. The molecule has 0 atom stereocenters. The highest BCUT2D eigenvalue weighted by molar-refractivity contribution is 6.27. The van der Waals surface area contributed by atoms with Crippen molar-refractivity contribution < 1.29 is 34.1 Å². The van der Waals surface area contributed by atoms with Crippen LogP contribution in [0.15, 0.2) is 78.9 Å². The van der Waals surface area contributed by atoms with Crippen molar-refractivity contribution in [3.63, 3.8) is 0 Å². The van der Waals surface area contributed by atoms with Gasteiger partial charge < -0.3 is 19.7 Å². The van der Waals surface area contributed by atoms with Crippen molar-refractivity contribution in [1.82, 2.24) is 4.90 Å². The van der Waals surface area contributed by atoms with Crippen LogP contribution in [0.5, 0.6) is 5.75 Å². The molecule has 1 saturated heterocycles. The zero-order valence-corrected chi connectivity index (χ0v) is 20.5. The lowest BCUT2D eigenvalue weighted by molar-refractivity contribution is -0.159. The molecule has 0 saturated carbocycles. The van der Waals surface area contributed by atoms with E-state index in [2.05, 4.69) is 22.3 Å². The molecule has 9 nitrogen and oxygen atoms in total. The molecular formula is C28H30N2O7. The third-order valence-electron chi connectivity index (χ3n) is 5.81. The standard InChI is InChI=1S/C26H28N2O3.C2H2O4/c1-30-22-13-11-20(12-14-22)19-28-17-15-23(16-18-28)31-26(29)27-25-10-6-5-9-24(25)21-7-3-2-4-8-21;3-1(4)2(5)6/h2-14,23H,15-19H2,1H3,(H,27,29);(H,3,4)(H,5,6). The fraction of sp³-hybridized carbons (Fsp3) is 0.250. The quantitative estimate of drug-likeness (QED) is 0.410. The lowest BCUT2D eigenvalue weighted by Crippen LogP contribution is -2.38. The van der Waals surface area contributed by atoms with Gasteiger partial charge in [-0.1, -0.05) is 60.7 Å². The maximum Gasteiger partial charge on any atom is 0.414 e. The first-order chi connectivity index (χ1) is 17.9. The average Bonchev–Trinajstić information content (AvgIpc) is 2.91. The fourth-order valence-electron chi connectivity index (χ4n) is 3.93. The smallest absolute Gasteiger partial charge is 0.414 e. The van der Waals surface area contributed by atoms with Crippen LogP contribution < -0.4 is 10.1 Å². The third-order valence-corrected chi connectivity index (χ3v) is 5.81. The minimum Gasteiger partial charge on any atom is -0.497 e. The molecule has 0 spiro atoms. The van der Waals surface area contributed by atoms with Gasteiger partial charge >= 0.3 is 18.0 Å². The van der Waals surface area contributed by atoms with E-state index in [-0.39, 0.29) is 6.10 Å². The van der Waals surface area contributed by atoms with Crippen LogP contribution in [0.3, 0.4) is 0 Å². The summed E-state index contributed by atoms with van der Waals surface area (Å²) >= 11 is 0. The topological polar surface area (TPSA) is 125 Å². The number of methoxy groups -OCH3 is 1. The minimum atomic E-state index is -1.82. The molecule has 37 heavy (non-hydrogen) atoms. The van der Waals surface area contributed by atoms with Gasteiger partial charge in [0.1, 0.15) is 11.9 Å². The minimum absolute atomic E-state index is 0.0593. The normalized spacial score (nSPS) is 13.5. The third kappa shape index (κ3) is 8.66. The van der Waals surface area contributed by atoms with Gasteiger partial charge in [-0.05, 0) is 42.2 Å². The number of carboxylic acid groups (broad SMARTS) is 2. The van der Waals surface area contributed by atoms with Gasteiger partial charge in [-0.15, -0.1) is 0 Å². The van der Waals surface area contributed by atoms with Gasteiger partial charge in [0.25, 0.3) is 0 Å². The number of para-hydroxylation sites is 1. The van der Waals surface area contributed by atoms with Crippen molar-refractivity contribution in [1.29, 1.82) is 0 Å². The predicted molar refractivity (Wildman–Crippen MR) is 139 cm³/mol. The Hall–Kier alpha value is -4.37. The molecule has 4 rings (SSSR count). The van der Waals surface area contributed by atoms with E-state index in [1.807, 2.05) is 66.7 Å². The summed E-state index contributed by atoms with van der Waals surface area (Å²) in [4.78, 5) is 33.1. The van der Waals surface area contributed by atoms with Crippen LogP contribution in [0.4, 0.5) is 10.5 Å². The highest BCUT2D eigenvalue weighted by Crippen LogP contribution is 2.28. The number of amides is 1. The van der Waals surface area contributed by atoms with Gasteiger partial charge in [-0.25, -0.2) is 14.4 Å². The Morgan fingerprint density at radius 3 is 2.05 bits per heavy atom. The maximum atomic E-state index is 12.5. The number of piperidine rings is 1. The van der Waals surface area contributed by atoms with Crippen molar-refractivity contribution in [3.8, 4) is 16.9 Å². The molecule has 0 radical (unpaired) electrons. The lowest BCUT2D eigenvalue weighted by Gasteiger charge is -2.31. The molecule has 0 bridgehead atoms. The highest BCUT2D eigenvalue weighted by Gasteiger charge is 2.23. The molecule has 3 N–H and O–H groups in total. The number of carboxylic acids is 2. The van der Waals surface area contributed by atoms with Gasteiger partial charge in [-0.3, -0.25) is 10.2 Å². The lowest BCUT2D eigenvalue weighted by atomic mass is 10.0. The molecule has 3 aromatic rings. The van der Waals surface area contributed by atoms with Crippen LogP contribution in [0, 0.1) is 0 Å². The molecule has 1 aliphatic heterocycles. The van der Waals surface area contributed by atoms with Crippen LogP contribution in [0.2, 0.25) is 0 Å². The summed E-state index contributed by atoms with van der Waals surface area (Å²) in [5.74, 6) is -2.78. The molecule has 0 aliphatic carbocycles. The summed E-state index contributed by atoms with van der Waals surface area (Å²) in [6, 6.07) is 26.0. The molecule has 194 valence electrons. The first-order valence-electron chi connectivity index (χ1n) is 11.8. The summed E-state index contributed by atoms with van der Waals surface area (Å²) in [6.45, 7) is 2.71. The Balaban J connectivity index is 0.000000568. The van der Waals surface area contributed by atoms with E-state index in [1.165, 1.54) is 5.56 Å². The molecular weight excluding hydrogens is 476 g/mol. The number of carbonyl (C=O) groups excluding carboxylic acids is 1. The number of hydrogen-bond donors (Lipinski definition) is 3. The van der Waals surface area contributed by atoms with Crippen LogP contribution in [-0.4, -0.2) is 59.4 Å². The van der Waals surface area contributed by atoms with Crippen LogP contribution in [0.1, 0.15) is 18.4 Å². The summed E-state index contributed by atoms with van der Waals surface area (Å²) in [7, 11) is 1.68. The SMILES string of the molecule is COc1ccc(CN2CCC(OC(=O)Nc3ccccc3-c3ccccc3)CC2)cc1.O=C(O)C(=O)O. The van der Waals surface area contributed by atoms with Gasteiger partial charge in [0.2, 0.25) is 0 Å². The average molecular weight is 507 g/mol. The predicted octanol–water partition coefficient (Wildman–Crippen LogP) is 4.73. The van der Waals surface area contributed by atoms with Gasteiger partial charge in [0, 0.05) is 25.2 Å². The number of carbonyl (C=O) groups is 3. The van der Waals surface area contributed by atoms with E-state index in [0.29, 0.717) is 0 Å². The van der Waals surface area contributed by atoms with E-state index in [1.54, 1.807) is 7.11 Å². The Labute approximate surface area is 215 Å². The van der Waals surface area contributed by atoms with Gasteiger partial charge in [-0.2, -0.15) is 0 Å². The Morgan fingerprint density at radius 1 is 0.865 bits per heavy atom. The zero-order valence-electron chi connectivity index (χ0n) is 20.5. The van der Waals surface area contributed by atoms with Crippen molar-refractivity contribution in [2.45, 2.75) is 25.5 Å². The number of nitrogens with zero attached hydrogens (tertiary/aromatic N) is 1. The van der Waals surface area contributed by atoms with E-state index < -0.39 is 18.0 Å². The van der Waals surface area contributed by atoms with Crippen LogP contribution in [0.25, 0.3) is 11.1 Å². The van der Waals surface area contributed by atoms with Gasteiger partial charge in [0.15, 0.2) is 0 Å². The fourth-order valence-corrected chi connectivity index (χ4v) is 3.93. The number of hydrogen-bond acceptors (Lipinski definition) is 6. The Morgan fingerprint density at radius 2 is 1.46 bits per heavy atom. The summed E-state index contributed by atoms with van der Waals surface area (Å²) < 4.78 is 10.9. The number of anilines is 1. The van der Waals surface area contributed by atoms with Gasteiger partial charge in [0.05, 0.1) is 12.8 Å². The summed E-state index contributed by atoms with van der Waals surface area (Å²) in [5, 5.41) is 17.7. The van der Waals surface area contributed by atoms with Crippen molar-refractivity contribution >= 4 is 23.7 Å². The number of rotatable bonds is 6. The van der Waals surface area contributed by atoms with E-state index >= 15 is 0 Å². The molecule has 1 aliphatic rings. The molecule has 0 aromatic heterocycles. The van der Waals surface area contributed by atoms with E-state index in [9.17, 15) is 4.79 Å². The number of likely N-dealkylation sites (tertiary alicyclic amines) is 1. The number of nitrogens with one attached hydrogen (secondary N) is 1. The van der Waals surface area contributed by atoms with Crippen LogP contribution in [-0.2, 0) is 20.9 Å². The molecule has 9 heteroatoms. The number of benzene rings is 3. The first kappa shape index (κ1) is 27.2. The molecule has 1 fully saturated rings. The second kappa shape index (κ2) is 13.6. The first-order valence-corrected chi connectivity index (χ1v) is 11.8. The van der Waals surface area contributed by atoms with Crippen LogP contribution >= 0.6 is 0 Å². The maximum absolute atomic E-state index is 12.5. The zero-order chi connectivity index (χ0) is 26.6. The largest absolute Gasteiger partial charge is 0.497 e.